The third-order valence-electron chi connectivity index (χ3n) is 8.24. The SMILES string of the molecule is CCN1C2=C(C(=O)CC(C)(C)C2)C(c2cccc(Oc3ccc(C(F)(F)F)cc3[N+](=O)[O-])c2)C2=C1CC(C)(C)CC2=O. The van der Waals surface area contributed by atoms with Gasteiger partial charge in [0.2, 0.25) is 5.75 Å². The van der Waals surface area contributed by atoms with Crippen LogP contribution in [0.3, 0.4) is 0 Å². The van der Waals surface area contributed by atoms with E-state index in [1.54, 1.807) is 18.2 Å². The van der Waals surface area contributed by atoms with Gasteiger partial charge in [-0.25, -0.2) is 0 Å². The summed E-state index contributed by atoms with van der Waals surface area (Å²) in [6.07, 6.45) is -2.77. The second-order valence-corrected chi connectivity index (χ2v) is 12.9. The molecule has 1 heterocycles. The fourth-order valence-electron chi connectivity index (χ4n) is 6.57. The molecule has 2 aliphatic carbocycles. The van der Waals surface area contributed by atoms with Crippen molar-refractivity contribution in [1.82, 2.24) is 4.90 Å². The number of carbonyl (C=O) groups is 2. The average Bonchev–Trinajstić information content (AvgIpc) is 2.85. The molecule has 222 valence electrons. The molecule has 0 N–H and O–H groups in total. The Labute approximate surface area is 242 Å². The highest BCUT2D eigenvalue weighted by atomic mass is 19.4. The number of Topliss-reactive ketones (excluding diaryl/α,β-unsaturated/α-hetero) is 2. The first-order valence-corrected chi connectivity index (χ1v) is 13.9. The zero-order chi connectivity index (χ0) is 30.8. The largest absolute Gasteiger partial charge is 0.450 e. The molecule has 0 unspecified atom stereocenters. The van der Waals surface area contributed by atoms with Crippen LogP contribution in [0, 0.1) is 20.9 Å². The monoisotopic (exact) mass is 582 g/mol. The molecule has 0 saturated heterocycles. The summed E-state index contributed by atoms with van der Waals surface area (Å²) in [7, 11) is 0. The predicted octanol–water partition coefficient (Wildman–Crippen LogP) is 8.11. The molecular formula is C32H33F3N2O5. The van der Waals surface area contributed by atoms with E-state index < -0.39 is 28.3 Å². The number of halogens is 3. The Hall–Kier alpha value is -3.95. The Morgan fingerprint density at radius 1 is 0.929 bits per heavy atom. The van der Waals surface area contributed by atoms with Crippen LogP contribution in [-0.4, -0.2) is 27.9 Å². The maximum atomic E-state index is 13.8. The van der Waals surface area contributed by atoms with Gasteiger partial charge in [0.1, 0.15) is 5.75 Å². The number of nitro benzene ring substituents is 1. The van der Waals surface area contributed by atoms with Crippen LogP contribution in [-0.2, 0) is 15.8 Å². The van der Waals surface area contributed by atoms with Crippen molar-refractivity contribution in [2.75, 3.05) is 6.54 Å². The molecule has 0 radical (unpaired) electrons. The molecule has 5 rings (SSSR count). The molecule has 10 heteroatoms. The van der Waals surface area contributed by atoms with E-state index in [0.29, 0.717) is 55.0 Å². The quantitative estimate of drug-likeness (QED) is 0.261. The first-order valence-electron chi connectivity index (χ1n) is 13.9. The number of alkyl halides is 3. The molecule has 0 spiro atoms. The normalized spacial score (nSPS) is 20.4. The molecule has 2 aromatic rings. The molecule has 7 nitrogen and oxygen atoms in total. The molecule has 0 amide bonds. The van der Waals surface area contributed by atoms with E-state index in [1.165, 1.54) is 6.07 Å². The van der Waals surface area contributed by atoms with E-state index in [0.717, 1.165) is 23.5 Å². The van der Waals surface area contributed by atoms with Crippen molar-refractivity contribution in [3.8, 4) is 11.5 Å². The standard InChI is InChI=1S/C32H33F3N2O5/c1-6-36-22-14-30(2,3)16-24(38)28(22)27(29-23(36)15-31(4,5)17-25(29)39)18-8-7-9-20(12-18)42-26-11-10-19(32(33,34)35)13-21(26)37(40)41/h7-13,27H,6,14-17H2,1-5H3. The summed E-state index contributed by atoms with van der Waals surface area (Å²) in [5.41, 5.74) is 1.11. The van der Waals surface area contributed by atoms with Crippen LogP contribution >= 0.6 is 0 Å². The van der Waals surface area contributed by atoms with Crippen molar-refractivity contribution in [3.05, 3.63) is 86.2 Å². The van der Waals surface area contributed by atoms with Gasteiger partial charge in [0.05, 0.1) is 10.5 Å². The van der Waals surface area contributed by atoms with Crippen LogP contribution in [0.4, 0.5) is 18.9 Å². The second-order valence-electron chi connectivity index (χ2n) is 12.9. The molecular weight excluding hydrogens is 549 g/mol. The molecule has 0 fully saturated rings. The maximum Gasteiger partial charge on any atom is 0.416 e. The molecule has 0 atom stereocenters. The number of nitrogens with zero attached hydrogens (tertiary/aromatic N) is 2. The summed E-state index contributed by atoms with van der Waals surface area (Å²) < 4.78 is 45.4. The van der Waals surface area contributed by atoms with Crippen LogP contribution in [0.25, 0.3) is 0 Å². The fourth-order valence-corrected chi connectivity index (χ4v) is 6.57. The van der Waals surface area contributed by atoms with E-state index >= 15 is 0 Å². The highest BCUT2D eigenvalue weighted by Crippen LogP contribution is 2.54. The molecule has 42 heavy (non-hydrogen) atoms. The predicted molar refractivity (Wildman–Crippen MR) is 150 cm³/mol. The summed E-state index contributed by atoms with van der Waals surface area (Å²) in [6, 6.07) is 8.69. The average molecular weight is 583 g/mol. The van der Waals surface area contributed by atoms with Crippen molar-refractivity contribution >= 4 is 17.3 Å². The number of ether oxygens (including phenoxy) is 1. The third kappa shape index (κ3) is 5.34. The van der Waals surface area contributed by atoms with Gasteiger partial charge in [0, 0.05) is 53.9 Å². The Bertz CT molecular complexity index is 1510. The Kier molecular flexibility index (Phi) is 7.10. The Morgan fingerprint density at radius 3 is 2.00 bits per heavy atom. The zero-order valence-electron chi connectivity index (χ0n) is 24.2. The highest BCUT2D eigenvalue weighted by molar-refractivity contribution is 6.06. The number of ketones is 2. The number of hydrogen-bond acceptors (Lipinski definition) is 6. The van der Waals surface area contributed by atoms with Gasteiger partial charge in [0.25, 0.3) is 0 Å². The topological polar surface area (TPSA) is 89.8 Å². The van der Waals surface area contributed by atoms with Crippen molar-refractivity contribution < 1.29 is 32.4 Å². The first-order chi connectivity index (χ1) is 19.5. The highest BCUT2D eigenvalue weighted by Gasteiger charge is 2.48. The lowest BCUT2D eigenvalue weighted by Crippen LogP contribution is -2.44. The van der Waals surface area contributed by atoms with Gasteiger partial charge in [-0.15, -0.1) is 0 Å². The fraction of sp³-hybridized carbons (Fsp3) is 0.438. The summed E-state index contributed by atoms with van der Waals surface area (Å²) in [5, 5.41) is 11.6. The Balaban J connectivity index is 1.64. The molecule has 2 aromatic carbocycles. The minimum absolute atomic E-state index is 0.0291. The van der Waals surface area contributed by atoms with Crippen molar-refractivity contribution in [3.63, 3.8) is 0 Å². The van der Waals surface area contributed by atoms with Gasteiger partial charge >= 0.3 is 11.9 Å². The molecule has 1 aliphatic heterocycles. The van der Waals surface area contributed by atoms with Gasteiger partial charge in [-0.2, -0.15) is 13.2 Å². The lowest BCUT2D eigenvalue weighted by atomic mass is 9.63. The van der Waals surface area contributed by atoms with Crippen LogP contribution in [0.5, 0.6) is 11.5 Å². The lowest BCUT2D eigenvalue weighted by molar-refractivity contribution is -0.385. The zero-order valence-corrected chi connectivity index (χ0v) is 24.2. The van der Waals surface area contributed by atoms with Crippen molar-refractivity contribution in [2.45, 2.75) is 72.4 Å². The van der Waals surface area contributed by atoms with Gasteiger partial charge in [-0.3, -0.25) is 19.7 Å². The van der Waals surface area contributed by atoms with E-state index in [4.69, 9.17) is 4.74 Å². The number of allylic oxidation sites excluding steroid dienone is 4. The number of benzene rings is 2. The summed E-state index contributed by atoms with van der Waals surface area (Å²) in [4.78, 5) is 40.4. The van der Waals surface area contributed by atoms with Gasteiger partial charge in [-0.1, -0.05) is 39.8 Å². The van der Waals surface area contributed by atoms with E-state index in [1.807, 2.05) is 6.92 Å². The van der Waals surface area contributed by atoms with E-state index in [9.17, 15) is 32.9 Å². The molecule has 0 aromatic heterocycles. The van der Waals surface area contributed by atoms with Crippen LogP contribution < -0.4 is 4.74 Å². The van der Waals surface area contributed by atoms with Gasteiger partial charge in [-0.05, 0) is 60.4 Å². The molecule has 0 bridgehead atoms. The second kappa shape index (κ2) is 10.1. The van der Waals surface area contributed by atoms with E-state index in [2.05, 4.69) is 32.6 Å². The smallest absolute Gasteiger partial charge is 0.416 e. The summed E-state index contributed by atoms with van der Waals surface area (Å²) in [6.45, 7) is 10.9. The van der Waals surface area contributed by atoms with Crippen LogP contribution in [0.1, 0.15) is 77.3 Å². The van der Waals surface area contributed by atoms with Gasteiger partial charge in [0.15, 0.2) is 11.6 Å². The van der Waals surface area contributed by atoms with Gasteiger partial charge < -0.3 is 9.64 Å². The summed E-state index contributed by atoms with van der Waals surface area (Å²) >= 11 is 0. The van der Waals surface area contributed by atoms with Crippen molar-refractivity contribution in [1.29, 1.82) is 0 Å². The third-order valence-corrected chi connectivity index (χ3v) is 8.24. The molecule has 3 aliphatic rings. The number of carbonyl (C=O) groups excluding carboxylic acids is 2. The summed E-state index contributed by atoms with van der Waals surface area (Å²) in [5.74, 6) is -0.908. The first kappa shape index (κ1) is 29.5. The van der Waals surface area contributed by atoms with Crippen LogP contribution in [0.2, 0.25) is 0 Å². The Morgan fingerprint density at radius 2 is 1.50 bits per heavy atom. The number of nitro groups is 1. The van der Waals surface area contributed by atoms with E-state index in [-0.39, 0.29) is 33.9 Å². The van der Waals surface area contributed by atoms with Crippen molar-refractivity contribution in [2.24, 2.45) is 10.8 Å². The number of hydrogen-bond donors (Lipinski definition) is 0. The maximum absolute atomic E-state index is 13.8. The number of rotatable bonds is 5. The minimum atomic E-state index is -4.75. The van der Waals surface area contributed by atoms with Crippen LogP contribution in [0.15, 0.2) is 65.0 Å². The molecule has 0 saturated carbocycles. The minimum Gasteiger partial charge on any atom is -0.450 e. The lowest BCUT2D eigenvalue weighted by Gasteiger charge is -2.48.